The maximum absolute atomic E-state index is 12.0. The molecule has 0 aliphatic carbocycles. The van der Waals surface area contributed by atoms with E-state index in [0.29, 0.717) is 26.9 Å². The maximum atomic E-state index is 12.0. The average Bonchev–Trinajstić information content (AvgIpc) is 2.59. The Morgan fingerprint density at radius 2 is 1.69 bits per heavy atom. The molecule has 0 saturated heterocycles. The molecule has 0 saturated carbocycles. The number of esters is 1. The van der Waals surface area contributed by atoms with E-state index >= 15 is 0 Å². The number of rotatable bonds is 4. The molecule has 2 aromatic rings. The highest BCUT2D eigenvalue weighted by Crippen LogP contribution is 2.45. The standard InChI is InChI=1S/C19H19BrCl2O4/c1-8(2)12-6-11(7-13(20)17(12)23)26-18-15(21)9(3)14(19(24)25-5)10(4)16(18)22/h6-8,23H,1-5H3. The normalized spacial score (nSPS) is 11.0. The summed E-state index contributed by atoms with van der Waals surface area (Å²) in [4.78, 5) is 12.0. The van der Waals surface area contributed by atoms with Crippen LogP contribution in [0.15, 0.2) is 16.6 Å². The van der Waals surface area contributed by atoms with Crippen LogP contribution in [-0.4, -0.2) is 18.2 Å². The van der Waals surface area contributed by atoms with Crippen molar-refractivity contribution in [2.45, 2.75) is 33.6 Å². The maximum Gasteiger partial charge on any atom is 0.338 e. The Morgan fingerprint density at radius 3 is 2.15 bits per heavy atom. The minimum absolute atomic E-state index is 0.0889. The van der Waals surface area contributed by atoms with Crippen LogP contribution in [0.4, 0.5) is 0 Å². The molecule has 0 amide bonds. The van der Waals surface area contributed by atoms with Gasteiger partial charge in [0.2, 0.25) is 0 Å². The lowest BCUT2D eigenvalue weighted by atomic mass is 10.0. The number of carbonyl (C=O) groups excluding carboxylic acids is 1. The van der Waals surface area contributed by atoms with Crippen molar-refractivity contribution in [3.8, 4) is 17.2 Å². The molecular weight excluding hydrogens is 443 g/mol. The molecule has 1 N–H and O–H groups in total. The molecule has 26 heavy (non-hydrogen) atoms. The number of hydrogen-bond donors (Lipinski definition) is 1. The van der Waals surface area contributed by atoms with Crippen molar-refractivity contribution in [3.63, 3.8) is 0 Å². The highest BCUT2D eigenvalue weighted by atomic mass is 79.9. The first-order valence-electron chi connectivity index (χ1n) is 7.86. The Hall–Kier alpha value is -1.43. The molecular formula is C19H19BrCl2O4. The molecule has 0 atom stereocenters. The zero-order chi connectivity index (χ0) is 19.8. The molecule has 0 unspecified atom stereocenters. The zero-order valence-corrected chi connectivity index (χ0v) is 18.1. The third-order valence-corrected chi connectivity index (χ3v) is 5.62. The van der Waals surface area contributed by atoms with Gasteiger partial charge in [-0.15, -0.1) is 0 Å². The zero-order valence-electron chi connectivity index (χ0n) is 15.0. The Labute approximate surface area is 171 Å². The largest absolute Gasteiger partial charge is 0.506 e. The van der Waals surface area contributed by atoms with E-state index < -0.39 is 5.97 Å². The van der Waals surface area contributed by atoms with Crippen LogP contribution < -0.4 is 4.74 Å². The predicted molar refractivity (Wildman–Crippen MR) is 107 cm³/mol. The summed E-state index contributed by atoms with van der Waals surface area (Å²) in [6.07, 6.45) is 0. The van der Waals surface area contributed by atoms with Gasteiger partial charge >= 0.3 is 5.97 Å². The van der Waals surface area contributed by atoms with E-state index in [1.54, 1.807) is 26.0 Å². The van der Waals surface area contributed by atoms with Gasteiger partial charge in [0.05, 0.1) is 27.2 Å². The van der Waals surface area contributed by atoms with Gasteiger partial charge < -0.3 is 14.6 Å². The van der Waals surface area contributed by atoms with Gasteiger partial charge in [0, 0.05) is 5.56 Å². The number of aromatic hydroxyl groups is 1. The van der Waals surface area contributed by atoms with Crippen molar-refractivity contribution in [1.82, 2.24) is 0 Å². The van der Waals surface area contributed by atoms with Gasteiger partial charge in [0.1, 0.15) is 11.5 Å². The van der Waals surface area contributed by atoms with Crippen LogP contribution in [0, 0.1) is 13.8 Å². The van der Waals surface area contributed by atoms with E-state index in [0.717, 1.165) is 5.56 Å². The fourth-order valence-electron chi connectivity index (χ4n) is 2.65. The van der Waals surface area contributed by atoms with Crippen LogP contribution in [0.1, 0.15) is 46.8 Å². The molecule has 0 radical (unpaired) electrons. The second-order valence-corrected chi connectivity index (χ2v) is 7.78. The van der Waals surface area contributed by atoms with E-state index in [2.05, 4.69) is 15.9 Å². The highest BCUT2D eigenvalue weighted by molar-refractivity contribution is 9.10. The first kappa shape index (κ1) is 20.9. The molecule has 0 aliphatic heterocycles. The topological polar surface area (TPSA) is 55.8 Å². The number of methoxy groups -OCH3 is 1. The lowest BCUT2D eigenvalue weighted by Gasteiger charge is -2.18. The number of hydrogen-bond acceptors (Lipinski definition) is 4. The predicted octanol–water partition coefficient (Wildman–Crippen LogP) is 6.78. The third-order valence-electron chi connectivity index (χ3n) is 4.11. The summed E-state index contributed by atoms with van der Waals surface area (Å²) < 4.78 is 11.3. The summed E-state index contributed by atoms with van der Waals surface area (Å²) in [7, 11) is 1.30. The van der Waals surface area contributed by atoms with Crippen molar-refractivity contribution in [1.29, 1.82) is 0 Å². The number of phenols is 1. The molecule has 2 aromatic carbocycles. The van der Waals surface area contributed by atoms with Gasteiger partial charge in [-0.05, 0) is 59.0 Å². The van der Waals surface area contributed by atoms with Crippen LogP contribution in [0.3, 0.4) is 0 Å². The second kappa shape index (κ2) is 8.07. The number of ether oxygens (including phenoxy) is 2. The molecule has 7 heteroatoms. The van der Waals surface area contributed by atoms with Crippen molar-refractivity contribution in [2.24, 2.45) is 0 Å². The summed E-state index contributed by atoms with van der Waals surface area (Å²) in [6, 6.07) is 3.36. The minimum atomic E-state index is -0.509. The minimum Gasteiger partial charge on any atom is -0.506 e. The Balaban J connectivity index is 2.60. The van der Waals surface area contributed by atoms with Crippen LogP contribution >= 0.6 is 39.1 Å². The van der Waals surface area contributed by atoms with E-state index in [9.17, 15) is 9.90 Å². The molecule has 140 valence electrons. The van der Waals surface area contributed by atoms with Crippen molar-refractivity contribution in [3.05, 3.63) is 48.9 Å². The summed E-state index contributed by atoms with van der Waals surface area (Å²) in [5.41, 5.74) is 2.10. The SMILES string of the molecule is COC(=O)c1c(C)c(Cl)c(Oc2cc(Br)c(O)c(C(C)C)c2)c(Cl)c1C. The fourth-order valence-corrected chi connectivity index (χ4v) is 3.60. The van der Waals surface area contributed by atoms with E-state index in [4.69, 9.17) is 32.7 Å². The smallest absolute Gasteiger partial charge is 0.338 e. The molecule has 4 nitrogen and oxygen atoms in total. The fraction of sp³-hybridized carbons (Fsp3) is 0.316. The van der Waals surface area contributed by atoms with Crippen molar-refractivity contribution < 1.29 is 19.4 Å². The monoisotopic (exact) mass is 460 g/mol. The van der Waals surface area contributed by atoms with E-state index in [1.807, 2.05) is 13.8 Å². The summed E-state index contributed by atoms with van der Waals surface area (Å²) in [6.45, 7) is 7.34. The lowest BCUT2D eigenvalue weighted by molar-refractivity contribution is 0.0599. The average molecular weight is 462 g/mol. The van der Waals surface area contributed by atoms with Gasteiger partial charge in [0.15, 0.2) is 5.75 Å². The molecule has 0 spiro atoms. The van der Waals surface area contributed by atoms with Gasteiger partial charge in [-0.3, -0.25) is 0 Å². The highest BCUT2D eigenvalue weighted by Gasteiger charge is 2.24. The number of carbonyl (C=O) groups is 1. The Morgan fingerprint density at radius 1 is 1.15 bits per heavy atom. The summed E-state index contributed by atoms with van der Waals surface area (Å²) in [5.74, 6) is 0.462. The molecule has 2 rings (SSSR count). The number of halogens is 3. The third kappa shape index (κ3) is 3.80. The van der Waals surface area contributed by atoms with Crippen LogP contribution in [0.2, 0.25) is 10.0 Å². The van der Waals surface area contributed by atoms with E-state index in [1.165, 1.54) is 7.11 Å². The van der Waals surface area contributed by atoms with Gasteiger partial charge in [0.25, 0.3) is 0 Å². The second-order valence-electron chi connectivity index (χ2n) is 6.17. The summed E-state index contributed by atoms with van der Waals surface area (Å²) in [5, 5.41) is 10.6. The lowest BCUT2D eigenvalue weighted by Crippen LogP contribution is -2.08. The molecule has 0 aromatic heterocycles. The quantitative estimate of drug-likeness (QED) is 0.509. The van der Waals surface area contributed by atoms with Gasteiger partial charge in [-0.25, -0.2) is 4.79 Å². The van der Waals surface area contributed by atoms with Crippen LogP contribution in [-0.2, 0) is 4.74 Å². The first-order valence-corrected chi connectivity index (χ1v) is 9.41. The van der Waals surface area contributed by atoms with Crippen molar-refractivity contribution >= 4 is 45.1 Å². The van der Waals surface area contributed by atoms with Crippen LogP contribution in [0.5, 0.6) is 17.2 Å². The molecule has 0 heterocycles. The summed E-state index contributed by atoms with van der Waals surface area (Å²) >= 11 is 16.2. The van der Waals surface area contributed by atoms with Gasteiger partial charge in [-0.1, -0.05) is 37.0 Å². The van der Waals surface area contributed by atoms with Gasteiger partial charge in [-0.2, -0.15) is 0 Å². The van der Waals surface area contributed by atoms with Crippen molar-refractivity contribution in [2.75, 3.05) is 7.11 Å². The molecule has 0 aliphatic rings. The number of phenolic OH excluding ortho intramolecular Hbond substituents is 1. The number of benzene rings is 2. The first-order chi connectivity index (χ1) is 12.1. The molecule has 0 bridgehead atoms. The Kier molecular flexibility index (Phi) is 6.48. The van der Waals surface area contributed by atoms with E-state index in [-0.39, 0.29) is 27.5 Å². The Bertz CT molecular complexity index is 850. The van der Waals surface area contributed by atoms with Crippen LogP contribution in [0.25, 0.3) is 0 Å². The molecule has 0 fully saturated rings.